The smallest absolute Gasteiger partial charge is 0.228 e. The van der Waals surface area contributed by atoms with E-state index in [1.54, 1.807) is 6.20 Å². The number of hydrogen-bond donors (Lipinski definition) is 0. The maximum atomic E-state index is 12.6. The molecule has 0 aliphatic carbocycles. The van der Waals surface area contributed by atoms with Gasteiger partial charge in [0.2, 0.25) is 5.91 Å². The number of likely N-dealkylation sites (tertiary alicyclic amines) is 2. The van der Waals surface area contributed by atoms with Gasteiger partial charge in [-0.15, -0.1) is 0 Å². The van der Waals surface area contributed by atoms with Crippen LogP contribution in [-0.2, 0) is 17.6 Å². The lowest BCUT2D eigenvalue weighted by atomic mass is 9.83. The van der Waals surface area contributed by atoms with Crippen LogP contribution in [0.15, 0.2) is 54.7 Å². The highest BCUT2D eigenvalue weighted by atomic mass is 16.2. The fourth-order valence-corrected chi connectivity index (χ4v) is 4.75. The Morgan fingerprint density at radius 3 is 2.43 bits per heavy atom. The number of carbonyl (C=O) groups is 1. The molecular weight excluding hydrogens is 346 g/mol. The van der Waals surface area contributed by atoms with Crippen LogP contribution in [0.25, 0.3) is 0 Å². The molecule has 2 saturated heterocycles. The van der Waals surface area contributed by atoms with Gasteiger partial charge in [-0.3, -0.25) is 9.78 Å². The van der Waals surface area contributed by atoms with Crippen LogP contribution in [0.2, 0.25) is 0 Å². The van der Waals surface area contributed by atoms with Crippen molar-refractivity contribution in [3.63, 3.8) is 0 Å². The molecule has 0 spiro atoms. The van der Waals surface area contributed by atoms with Gasteiger partial charge in [0.25, 0.3) is 0 Å². The summed E-state index contributed by atoms with van der Waals surface area (Å²) in [6.45, 7) is 5.44. The lowest BCUT2D eigenvalue weighted by Crippen LogP contribution is -2.38. The lowest BCUT2D eigenvalue weighted by molar-refractivity contribution is -0.129. The number of pyridine rings is 1. The molecular formula is C24H31N3O. The average molecular weight is 378 g/mol. The molecule has 1 aromatic carbocycles. The standard InChI is InChI=1S/C24H31N3O/c28-24(18-23-8-4-5-13-25-23)27-17-12-22(19-27)21-10-15-26(16-11-21)14-9-20-6-2-1-3-7-20/h1-8,13,21-22H,9-12,14-19H2/t22-/m1/s1. The number of hydrogen-bond acceptors (Lipinski definition) is 3. The van der Waals surface area contributed by atoms with Crippen molar-refractivity contribution in [2.24, 2.45) is 11.8 Å². The summed E-state index contributed by atoms with van der Waals surface area (Å²) in [6.07, 6.45) is 7.07. The van der Waals surface area contributed by atoms with Gasteiger partial charge < -0.3 is 9.80 Å². The van der Waals surface area contributed by atoms with Gasteiger partial charge in [0.15, 0.2) is 0 Å². The molecule has 4 rings (SSSR count). The molecule has 2 aliphatic rings. The normalized spacial score (nSPS) is 21.1. The Kier molecular flexibility index (Phi) is 6.38. The Labute approximate surface area is 168 Å². The summed E-state index contributed by atoms with van der Waals surface area (Å²) < 4.78 is 0. The monoisotopic (exact) mass is 377 g/mol. The van der Waals surface area contributed by atoms with Gasteiger partial charge in [-0.25, -0.2) is 0 Å². The van der Waals surface area contributed by atoms with Crippen molar-refractivity contribution in [1.82, 2.24) is 14.8 Å². The highest BCUT2D eigenvalue weighted by Crippen LogP contribution is 2.32. The molecule has 0 unspecified atom stereocenters. The number of piperidine rings is 1. The number of carbonyl (C=O) groups excluding carboxylic acids is 1. The Morgan fingerprint density at radius 1 is 0.929 bits per heavy atom. The van der Waals surface area contributed by atoms with Crippen LogP contribution >= 0.6 is 0 Å². The van der Waals surface area contributed by atoms with E-state index in [-0.39, 0.29) is 5.91 Å². The fourth-order valence-electron chi connectivity index (χ4n) is 4.75. The molecule has 1 atom stereocenters. The lowest BCUT2D eigenvalue weighted by Gasteiger charge is -2.34. The van der Waals surface area contributed by atoms with E-state index in [9.17, 15) is 4.79 Å². The molecule has 2 aromatic rings. The van der Waals surface area contributed by atoms with Crippen molar-refractivity contribution < 1.29 is 4.79 Å². The summed E-state index contributed by atoms with van der Waals surface area (Å²) in [5.41, 5.74) is 2.31. The topological polar surface area (TPSA) is 36.4 Å². The first-order valence-corrected chi connectivity index (χ1v) is 10.7. The Morgan fingerprint density at radius 2 is 1.68 bits per heavy atom. The molecule has 4 heteroatoms. The minimum atomic E-state index is 0.237. The number of nitrogens with zero attached hydrogens (tertiary/aromatic N) is 3. The highest BCUT2D eigenvalue weighted by molar-refractivity contribution is 5.78. The molecule has 0 bridgehead atoms. The van der Waals surface area contributed by atoms with Gasteiger partial charge in [0.1, 0.15) is 0 Å². The van der Waals surface area contributed by atoms with Gasteiger partial charge >= 0.3 is 0 Å². The van der Waals surface area contributed by atoms with Gasteiger partial charge in [-0.05, 0) is 68.3 Å². The Balaban J connectivity index is 1.20. The van der Waals surface area contributed by atoms with Crippen LogP contribution in [-0.4, -0.2) is 53.4 Å². The minimum Gasteiger partial charge on any atom is -0.342 e. The number of benzene rings is 1. The third-order valence-corrected chi connectivity index (χ3v) is 6.49. The van der Waals surface area contributed by atoms with Crippen molar-refractivity contribution in [3.8, 4) is 0 Å². The van der Waals surface area contributed by atoms with Crippen molar-refractivity contribution in [3.05, 3.63) is 66.0 Å². The van der Waals surface area contributed by atoms with Crippen LogP contribution in [0.1, 0.15) is 30.5 Å². The summed E-state index contributed by atoms with van der Waals surface area (Å²) in [7, 11) is 0. The van der Waals surface area contributed by atoms with E-state index in [4.69, 9.17) is 0 Å². The van der Waals surface area contributed by atoms with Gasteiger partial charge in [-0.1, -0.05) is 36.4 Å². The first-order chi connectivity index (χ1) is 13.8. The maximum Gasteiger partial charge on any atom is 0.228 e. The van der Waals surface area contributed by atoms with Gasteiger partial charge in [0, 0.05) is 31.5 Å². The fraction of sp³-hybridized carbons (Fsp3) is 0.500. The third-order valence-electron chi connectivity index (χ3n) is 6.49. The van der Waals surface area contributed by atoms with Crippen LogP contribution in [0.4, 0.5) is 0 Å². The van der Waals surface area contributed by atoms with Crippen molar-refractivity contribution in [2.45, 2.75) is 32.1 Å². The second-order valence-electron chi connectivity index (χ2n) is 8.30. The third kappa shape index (κ3) is 4.99. The molecule has 148 valence electrons. The second-order valence-corrected chi connectivity index (χ2v) is 8.30. The zero-order chi connectivity index (χ0) is 19.2. The molecule has 2 aliphatic heterocycles. The highest BCUT2D eigenvalue weighted by Gasteiger charge is 2.33. The summed E-state index contributed by atoms with van der Waals surface area (Å²) >= 11 is 0. The molecule has 1 aromatic heterocycles. The Bertz CT molecular complexity index is 741. The molecule has 0 radical (unpaired) electrons. The van der Waals surface area contributed by atoms with Gasteiger partial charge in [0.05, 0.1) is 6.42 Å². The average Bonchev–Trinajstić information content (AvgIpc) is 3.25. The molecule has 28 heavy (non-hydrogen) atoms. The van der Waals surface area contributed by atoms with Crippen LogP contribution in [0.5, 0.6) is 0 Å². The van der Waals surface area contributed by atoms with Crippen LogP contribution in [0.3, 0.4) is 0 Å². The van der Waals surface area contributed by atoms with E-state index in [0.29, 0.717) is 12.3 Å². The number of rotatable bonds is 6. The molecule has 0 saturated carbocycles. The summed E-state index contributed by atoms with van der Waals surface area (Å²) in [5, 5.41) is 0. The maximum absolute atomic E-state index is 12.6. The zero-order valence-electron chi connectivity index (χ0n) is 16.7. The van der Waals surface area contributed by atoms with Crippen molar-refractivity contribution in [1.29, 1.82) is 0 Å². The summed E-state index contributed by atoms with van der Waals surface area (Å²) in [5.74, 6) is 1.70. The van der Waals surface area contributed by atoms with E-state index in [1.165, 1.54) is 37.9 Å². The summed E-state index contributed by atoms with van der Waals surface area (Å²) in [4.78, 5) is 21.6. The first-order valence-electron chi connectivity index (χ1n) is 10.7. The predicted molar refractivity (Wildman–Crippen MR) is 112 cm³/mol. The predicted octanol–water partition coefficient (Wildman–Crippen LogP) is 3.43. The molecule has 0 N–H and O–H groups in total. The largest absolute Gasteiger partial charge is 0.342 e. The SMILES string of the molecule is O=C(Cc1ccccn1)N1CC[C@@H](C2CCN(CCc3ccccc3)CC2)C1. The van der Waals surface area contributed by atoms with Crippen LogP contribution < -0.4 is 0 Å². The zero-order valence-corrected chi connectivity index (χ0v) is 16.7. The molecule has 4 nitrogen and oxygen atoms in total. The van der Waals surface area contributed by atoms with Gasteiger partial charge in [-0.2, -0.15) is 0 Å². The van der Waals surface area contributed by atoms with Crippen LogP contribution in [0, 0.1) is 11.8 Å². The molecule has 3 heterocycles. The quantitative estimate of drug-likeness (QED) is 0.774. The van der Waals surface area contributed by atoms with E-state index < -0.39 is 0 Å². The molecule has 2 fully saturated rings. The van der Waals surface area contributed by atoms with E-state index in [1.807, 2.05) is 18.2 Å². The second kappa shape index (κ2) is 9.33. The minimum absolute atomic E-state index is 0.237. The number of amides is 1. The molecule has 1 amide bonds. The first kappa shape index (κ1) is 19.1. The van der Waals surface area contributed by atoms with E-state index in [2.05, 4.69) is 45.1 Å². The van der Waals surface area contributed by atoms with E-state index >= 15 is 0 Å². The Hall–Kier alpha value is -2.20. The van der Waals surface area contributed by atoms with Crippen molar-refractivity contribution in [2.75, 3.05) is 32.7 Å². The number of aromatic nitrogens is 1. The van der Waals surface area contributed by atoms with E-state index in [0.717, 1.165) is 37.7 Å². The van der Waals surface area contributed by atoms with Crippen molar-refractivity contribution >= 4 is 5.91 Å². The summed E-state index contributed by atoms with van der Waals surface area (Å²) in [6, 6.07) is 16.6.